The van der Waals surface area contributed by atoms with Crippen LogP contribution in [0.3, 0.4) is 0 Å². The van der Waals surface area contributed by atoms with Crippen LogP contribution in [0.15, 0.2) is 17.0 Å². The molecule has 0 unspecified atom stereocenters. The van der Waals surface area contributed by atoms with E-state index < -0.39 is 10.0 Å². The zero-order valence-electron chi connectivity index (χ0n) is 12.0. The number of primary sulfonamides is 1. The van der Waals surface area contributed by atoms with Gasteiger partial charge in [-0.15, -0.1) is 0 Å². The molecule has 0 saturated heterocycles. The van der Waals surface area contributed by atoms with Crippen LogP contribution in [-0.4, -0.2) is 33.2 Å². The van der Waals surface area contributed by atoms with Gasteiger partial charge in [0.05, 0.1) is 11.5 Å². The molecule has 0 aromatic heterocycles. The quantitative estimate of drug-likeness (QED) is 0.646. The van der Waals surface area contributed by atoms with Crippen LogP contribution < -0.4 is 15.8 Å². The number of nitrogens with zero attached hydrogens (tertiary/aromatic N) is 1. The predicted octanol–water partition coefficient (Wildman–Crippen LogP) is 0.823. The van der Waals surface area contributed by atoms with Crippen LogP contribution in [0.2, 0.25) is 0 Å². The zero-order chi connectivity index (χ0) is 15.3. The molecular weight excluding hydrogens is 278 g/mol. The maximum Gasteiger partial charge on any atom is 0.238 e. The fourth-order valence-electron chi connectivity index (χ4n) is 2.14. The van der Waals surface area contributed by atoms with Crippen LogP contribution in [0, 0.1) is 6.92 Å². The Morgan fingerprint density at radius 1 is 1.30 bits per heavy atom. The summed E-state index contributed by atoms with van der Waals surface area (Å²) in [4.78, 5) is 1.97. The highest BCUT2D eigenvalue weighted by Gasteiger charge is 2.18. The van der Waals surface area contributed by atoms with Gasteiger partial charge in [0, 0.05) is 24.5 Å². The molecule has 1 aromatic rings. The average molecular weight is 301 g/mol. The number of sulfonamides is 1. The van der Waals surface area contributed by atoms with Gasteiger partial charge in [-0.3, -0.25) is 0 Å². The van der Waals surface area contributed by atoms with Crippen LogP contribution in [0.5, 0.6) is 0 Å². The highest BCUT2D eigenvalue weighted by molar-refractivity contribution is 7.89. The molecule has 1 rings (SSSR count). The van der Waals surface area contributed by atoms with Gasteiger partial charge in [0.25, 0.3) is 0 Å². The van der Waals surface area contributed by atoms with Gasteiger partial charge >= 0.3 is 0 Å². The minimum atomic E-state index is -3.82. The number of rotatable bonds is 7. The normalized spacial score (nSPS) is 11.6. The third-order valence-corrected chi connectivity index (χ3v) is 4.19. The topological polar surface area (TPSA) is 110 Å². The van der Waals surface area contributed by atoms with Crippen LogP contribution in [0.4, 0.5) is 11.4 Å². The molecule has 6 nitrogen and oxygen atoms in total. The van der Waals surface area contributed by atoms with Crippen molar-refractivity contribution in [2.45, 2.75) is 31.6 Å². The Morgan fingerprint density at radius 3 is 2.45 bits per heavy atom. The number of aliphatic hydroxyl groups is 1. The Labute approximate surface area is 120 Å². The van der Waals surface area contributed by atoms with E-state index in [9.17, 15) is 13.5 Å². The van der Waals surface area contributed by atoms with E-state index >= 15 is 0 Å². The smallest absolute Gasteiger partial charge is 0.238 e. The molecule has 0 aliphatic rings. The van der Waals surface area contributed by atoms with Gasteiger partial charge in [-0.25, -0.2) is 13.6 Å². The van der Waals surface area contributed by atoms with E-state index in [1.165, 1.54) is 6.07 Å². The summed E-state index contributed by atoms with van der Waals surface area (Å²) in [6.45, 7) is 4.91. The number of nitrogen functional groups attached to an aromatic ring is 1. The van der Waals surface area contributed by atoms with Crippen LogP contribution >= 0.6 is 0 Å². The largest absolute Gasteiger partial charge is 0.399 e. The Kier molecular flexibility index (Phi) is 5.79. The van der Waals surface area contributed by atoms with Gasteiger partial charge in [0.2, 0.25) is 10.0 Å². The summed E-state index contributed by atoms with van der Waals surface area (Å²) in [5.74, 6) is 0. The number of aliphatic hydroxyl groups excluding tert-OH is 1. The standard InChI is InChI=1S/C13H23N3O3S/c1-3-4-5-16(6-7-17)12-8-11(14)9-13(10(12)2)20(15,18)19/h8-9,17H,3-7,14H2,1-2H3,(H2,15,18,19). The number of anilines is 2. The summed E-state index contributed by atoms with van der Waals surface area (Å²) < 4.78 is 23.2. The lowest BCUT2D eigenvalue weighted by molar-refractivity contribution is 0.301. The van der Waals surface area contributed by atoms with Crippen molar-refractivity contribution in [2.24, 2.45) is 5.14 Å². The van der Waals surface area contributed by atoms with Crippen LogP contribution in [0.25, 0.3) is 0 Å². The Hall–Kier alpha value is -1.31. The zero-order valence-corrected chi connectivity index (χ0v) is 12.8. The fourth-order valence-corrected chi connectivity index (χ4v) is 2.97. The Balaban J connectivity index is 3.31. The fraction of sp³-hybridized carbons (Fsp3) is 0.538. The third-order valence-electron chi connectivity index (χ3n) is 3.15. The van der Waals surface area contributed by atoms with Gasteiger partial charge in [-0.1, -0.05) is 13.3 Å². The Bertz CT molecular complexity index is 558. The van der Waals surface area contributed by atoms with Gasteiger partial charge in [0.1, 0.15) is 0 Å². The Morgan fingerprint density at radius 2 is 1.95 bits per heavy atom. The molecule has 0 atom stereocenters. The SMILES string of the molecule is CCCCN(CCO)c1cc(N)cc(S(N)(=O)=O)c1C. The minimum absolute atomic E-state index is 0.0112. The third kappa shape index (κ3) is 4.09. The second-order valence-corrected chi connectivity index (χ2v) is 6.30. The van der Waals surface area contributed by atoms with E-state index in [4.69, 9.17) is 10.9 Å². The molecule has 0 saturated carbocycles. The molecule has 0 bridgehead atoms. The summed E-state index contributed by atoms with van der Waals surface area (Å²) >= 11 is 0. The monoisotopic (exact) mass is 301 g/mol. The van der Waals surface area contributed by atoms with E-state index in [0.29, 0.717) is 23.5 Å². The number of hydrogen-bond donors (Lipinski definition) is 3. The van der Waals surface area contributed by atoms with E-state index in [1.54, 1.807) is 13.0 Å². The van der Waals surface area contributed by atoms with Crippen molar-refractivity contribution in [3.05, 3.63) is 17.7 Å². The minimum Gasteiger partial charge on any atom is -0.399 e. The number of benzene rings is 1. The van der Waals surface area contributed by atoms with Crippen molar-refractivity contribution in [1.29, 1.82) is 0 Å². The van der Waals surface area contributed by atoms with Gasteiger partial charge in [-0.05, 0) is 31.0 Å². The first kappa shape index (κ1) is 16.7. The molecule has 0 fully saturated rings. The highest BCUT2D eigenvalue weighted by Crippen LogP contribution is 2.29. The molecule has 0 aliphatic carbocycles. The molecule has 1 aromatic carbocycles. The highest BCUT2D eigenvalue weighted by atomic mass is 32.2. The molecule has 0 heterocycles. The number of hydrogen-bond acceptors (Lipinski definition) is 5. The van der Waals surface area contributed by atoms with E-state index in [2.05, 4.69) is 6.92 Å². The van der Waals surface area contributed by atoms with Crippen molar-refractivity contribution < 1.29 is 13.5 Å². The maximum absolute atomic E-state index is 11.6. The van der Waals surface area contributed by atoms with Crippen molar-refractivity contribution in [3.63, 3.8) is 0 Å². The van der Waals surface area contributed by atoms with E-state index in [1.807, 2.05) is 4.90 Å². The molecular formula is C13H23N3O3S. The van der Waals surface area contributed by atoms with Crippen molar-refractivity contribution in [1.82, 2.24) is 0 Å². The summed E-state index contributed by atoms with van der Waals surface area (Å²) in [6.07, 6.45) is 1.95. The molecule has 0 aliphatic heterocycles. The van der Waals surface area contributed by atoms with Gasteiger partial charge in [0.15, 0.2) is 0 Å². The first-order valence-corrected chi connectivity index (χ1v) is 8.14. The molecule has 5 N–H and O–H groups in total. The first-order chi connectivity index (χ1) is 9.31. The molecule has 0 amide bonds. The van der Waals surface area contributed by atoms with Crippen LogP contribution in [-0.2, 0) is 10.0 Å². The maximum atomic E-state index is 11.6. The van der Waals surface area contributed by atoms with Crippen molar-refractivity contribution >= 4 is 21.4 Å². The molecule has 7 heteroatoms. The second kappa shape index (κ2) is 6.92. The second-order valence-electron chi connectivity index (χ2n) is 4.77. The van der Waals surface area contributed by atoms with Crippen molar-refractivity contribution in [3.8, 4) is 0 Å². The summed E-state index contributed by atoms with van der Waals surface area (Å²) in [5, 5.41) is 14.4. The molecule has 0 radical (unpaired) electrons. The lowest BCUT2D eigenvalue weighted by Gasteiger charge is -2.27. The predicted molar refractivity (Wildman–Crippen MR) is 81.2 cm³/mol. The lowest BCUT2D eigenvalue weighted by Crippen LogP contribution is -2.29. The summed E-state index contributed by atoms with van der Waals surface area (Å²) in [6, 6.07) is 3.08. The molecule has 114 valence electrons. The average Bonchev–Trinajstić information content (AvgIpc) is 2.35. The van der Waals surface area contributed by atoms with Gasteiger partial charge in [-0.2, -0.15) is 0 Å². The summed E-state index contributed by atoms with van der Waals surface area (Å²) in [7, 11) is -3.82. The van der Waals surface area contributed by atoms with Crippen LogP contribution in [0.1, 0.15) is 25.3 Å². The van der Waals surface area contributed by atoms with E-state index in [-0.39, 0.29) is 11.5 Å². The number of nitrogens with two attached hydrogens (primary N) is 2. The lowest BCUT2D eigenvalue weighted by atomic mass is 10.1. The number of unbranched alkanes of at least 4 members (excludes halogenated alkanes) is 1. The van der Waals surface area contributed by atoms with Crippen molar-refractivity contribution in [2.75, 3.05) is 30.3 Å². The summed E-state index contributed by atoms with van der Waals surface area (Å²) in [5.41, 5.74) is 7.39. The first-order valence-electron chi connectivity index (χ1n) is 6.60. The molecule has 0 spiro atoms. The van der Waals surface area contributed by atoms with E-state index in [0.717, 1.165) is 19.4 Å². The molecule has 20 heavy (non-hydrogen) atoms. The van der Waals surface area contributed by atoms with Gasteiger partial charge < -0.3 is 15.7 Å².